The Bertz CT molecular complexity index is 1910. The second kappa shape index (κ2) is 13.4. The number of halogens is 6. The van der Waals surface area contributed by atoms with Crippen LogP contribution in [-0.4, -0.2) is 95.5 Å². The molecule has 1 aliphatic carbocycles. The van der Waals surface area contributed by atoms with Crippen LogP contribution in [0.1, 0.15) is 52.7 Å². The molecule has 1 N–H and O–H groups in total. The van der Waals surface area contributed by atoms with Crippen LogP contribution in [0.5, 0.6) is 5.75 Å². The fourth-order valence-corrected chi connectivity index (χ4v) is 8.47. The average molecular weight is 823 g/mol. The third-order valence-electron chi connectivity index (χ3n) is 8.82. The highest BCUT2D eigenvalue weighted by Crippen LogP contribution is 2.42. The van der Waals surface area contributed by atoms with Gasteiger partial charge in [0, 0.05) is 36.4 Å². The highest BCUT2D eigenvalue weighted by Gasteiger charge is 2.60. The number of aromatic nitrogens is 1. The fourth-order valence-electron chi connectivity index (χ4n) is 5.93. The normalized spacial score (nSPS) is 21.6. The number of alkyl halides is 3. The van der Waals surface area contributed by atoms with E-state index in [1.54, 1.807) is 20.8 Å². The molecular formula is C32H33BrClF4N5O7S. The molecule has 3 fully saturated rings. The molecule has 12 nitrogen and oxygen atoms in total. The summed E-state index contributed by atoms with van der Waals surface area (Å²) in [7, 11) is -4.50. The standard InChI is InChI=1S/C32H33BrClF4N5O7S/c1-17(32(36,37)38)49-19-5-6-24(21(34)10-19)51(47,48)20-11-23(26(44)41-30(14-39)7-8-30)43(13-20)27(45)31(25-22(35)9-18(33)12-40-25)15-42(16-31)28(46)50-29(2,3)4/h5-6,9-10,12,17,20,23H,7-8,11,13,15-16H2,1-4H3,(H,41,44). The summed E-state index contributed by atoms with van der Waals surface area (Å²) in [6, 6.07) is 4.50. The van der Waals surface area contributed by atoms with Crippen LogP contribution in [-0.2, 0) is 29.6 Å². The van der Waals surface area contributed by atoms with Crippen molar-refractivity contribution in [2.24, 2.45) is 0 Å². The van der Waals surface area contributed by atoms with Crippen LogP contribution < -0.4 is 10.1 Å². The second-order valence-corrected chi connectivity index (χ2v) is 17.4. The summed E-state index contributed by atoms with van der Waals surface area (Å²) in [5.74, 6) is -2.97. The monoisotopic (exact) mass is 821 g/mol. The number of hydrogen-bond acceptors (Lipinski definition) is 9. The summed E-state index contributed by atoms with van der Waals surface area (Å²) in [6.45, 7) is 4.25. The quantitative estimate of drug-likeness (QED) is 0.359. The molecule has 0 radical (unpaired) electrons. The predicted molar refractivity (Wildman–Crippen MR) is 176 cm³/mol. The van der Waals surface area contributed by atoms with E-state index in [1.807, 2.05) is 6.07 Å². The number of rotatable bonds is 8. The van der Waals surface area contributed by atoms with Crippen molar-refractivity contribution in [2.75, 3.05) is 19.6 Å². The zero-order valence-corrected chi connectivity index (χ0v) is 30.8. The maximum atomic E-state index is 15.6. The van der Waals surface area contributed by atoms with Gasteiger partial charge in [-0.3, -0.25) is 14.6 Å². The third kappa shape index (κ3) is 7.75. The van der Waals surface area contributed by atoms with Gasteiger partial charge in [-0.1, -0.05) is 11.6 Å². The SMILES string of the molecule is CC(Oc1ccc(S(=O)(=O)C2CC(C(=O)NC3(C#N)CC3)N(C(=O)C3(c4ncc(Br)cc4F)CN(C(=O)OC(C)(C)C)C3)C2)c(Cl)c1)C(F)(F)F. The first-order valence-corrected chi connectivity index (χ1v) is 18.3. The van der Waals surface area contributed by atoms with Gasteiger partial charge in [-0.25, -0.2) is 17.6 Å². The predicted octanol–water partition coefficient (Wildman–Crippen LogP) is 5.07. The van der Waals surface area contributed by atoms with E-state index in [9.17, 15) is 41.2 Å². The molecule has 0 bridgehead atoms. The number of benzene rings is 1. The molecule has 2 aromatic rings. The first kappa shape index (κ1) is 38.5. The van der Waals surface area contributed by atoms with Gasteiger partial charge < -0.3 is 24.6 Å². The van der Waals surface area contributed by atoms with Crippen LogP contribution >= 0.6 is 27.5 Å². The number of ether oxygens (including phenoxy) is 2. The Morgan fingerprint density at radius 1 is 1.18 bits per heavy atom. The van der Waals surface area contributed by atoms with Crippen LogP contribution in [0.25, 0.3) is 0 Å². The van der Waals surface area contributed by atoms with Gasteiger partial charge in [0.2, 0.25) is 11.8 Å². The van der Waals surface area contributed by atoms with Crippen molar-refractivity contribution >= 4 is 55.3 Å². The fraction of sp³-hybridized carbons (Fsp3) is 0.531. The number of pyridine rings is 1. The number of hydrogen-bond donors (Lipinski definition) is 1. The Hall–Kier alpha value is -3.69. The highest BCUT2D eigenvalue weighted by atomic mass is 79.9. The minimum atomic E-state index is -4.70. The molecule has 3 aliphatic rings. The third-order valence-corrected chi connectivity index (χ3v) is 11.9. The molecule has 3 unspecified atom stereocenters. The largest absolute Gasteiger partial charge is 0.481 e. The maximum Gasteiger partial charge on any atom is 0.425 e. The molecular weight excluding hydrogens is 790 g/mol. The minimum Gasteiger partial charge on any atom is -0.481 e. The van der Waals surface area contributed by atoms with E-state index in [0.717, 1.165) is 41.0 Å². The van der Waals surface area contributed by atoms with E-state index in [-0.39, 0.29) is 15.9 Å². The van der Waals surface area contributed by atoms with E-state index in [4.69, 9.17) is 21.1 Å². The van der Waals surface area contributed by atoms with Crippen LogP contribution in [0, 0.1) is 17.1 Å². The molecule has 1 saturated carbocycles. The van der Waals surface area contributed by atoms with E-state index in [0.29, 0.717) is 12.8 Å². The van der Waals surface area contributed by atoms with E-state index < -0.39 is 110 Å². The zero-order chi connectivity index (χ0) is 37.9. The lowest BCUT2D eigenvalue weighted by molar-refractivity contribution is -0.189. The van der Waals surface area contributed by atoms with Gasteiger partial charge in [-0.05, 0) is 81.1 Å². The van der Waals surface area contributed by atoms with Crippen molar-refractivity contribution in [3.8, 4) is 11.8 Å². The number of carbonyl (C=O) groups excluding carboxylic acids is 3. The summed E-state index contributed by atoms with van der Waals surface area (Å²) in [5.41, 5.74) is -4.31. The number of amides is 3. The topological polar surface area (TPSA) is 159 Å². The molecule has 2 aliphatic heterocycles. The number of likely N-dealkylation sites (tertiary alicyclic amines) is 2. The van der Waals surface area contributed by atoms with Crippen molar-refractivity contribution < 1.29 is 49.8 Å². The van der Waals surface area contributed by atoms with Gasteiger partial charge in [0.05, 0.1) is 26.9 Å². The number of nitrogens with zero attached hydrogens (tertiary/aromatic N) is 4. The smallest absolute Gasteiger partial charge is 0.425 e. The Morgan fingerprint density at radius 3 is 2.35 bits per heavy atom. The van der Waals surface area contributed by atoms with Crippen molar-refractivity contribution in [3.63, 3.8) is 0 Å². The van der Waals surface area contributed by atoms with Crippen molar-refractivity contribution in [3.05, 3.63) is 51.5 Å². The zero-order valence-electron chi connectivity index (χ0n) is 27.7. The number of nitrogens with one attached hydrogen (secondary N) is 1. The Labute approximate surface area is 304 Å². The molecule has 0 spiro atoms. The number of carbonyl (C=O) groups is 3. The Balaban J connectivity index is 1.50. The van der Waals surface area contributed by atoms with Gasteiger partial charge in [0.25, 0.3) is 0 Å². The van der Waals surface area contributed by atoms with Gasteiger partial charge in [0.1, 0.15) is 34.2 Å². The summed E-state index contributed by atoms with van der Waals surface area (Å²) in [5, 5.41) is 10.3. The van der Waals surface area contributed by atoms with Crippen LogP contribution in [0.3, 0.4) is 0 Å². The van der Waals surface area contributed by atoms with Crippen molar-refractivity contribution in [2.45, 2.75) is 92.0 Å². The molecule has 3 heterocycles. The highest BCUT2D eigenvalue weighted by molar-refractivity contribution is 9.10. The van der Waals surface area contributed by atoms with Crippen LogP contribution in [0.2, 0.25) is 5.02 Å². The number of sulfone groups is 1. The Morgan fingerprint density at radius 2 is 1.82 bits per heavy atom. The molecule has 3 amide bonds. The lowest BCUT2D eigenvalue weighted by Crippen LogP contribution is -2.69. The van der Waals surface area contributed by atoms with Crippen molar-refractivity contribution in [1.82, 2.24) is 20.1 Å². The molecule has 1 aromatic carbocycles. The van der Waals surface area contributed by atoms with Crippen LogP contribution in [0.15, 0.2) is 39.8 Å². The molecule has 5 rings (SSSR count). The Kier molecular flexibility index (Phi) is 10.1. The first-order valence-electron chi connectivity index (χ1n) is 15.6. The molecule has 3 atom stereocenters. The second-order valence-electron chi connectivity index (χ2n) is 13.9. The first-order chi connectivity index (χ1) is 23.5. The number of nitriles is 1. The summed E-state index contributed by atoms with van der Waals surface area (Å²) < 4.78 is 93.3. The van der Waals surface area contributed by atoms with Gasteiger partial charge in [0.15, 0.2) is 15.9 Å². The molecule has 51 heavy (non-hydrogen) atoms. The summed E-state index contributed by atoms with van der Waals surface area (Å²) >= 11 is 9.40. The van der Waals surface area contributed by atoms with E-state index in [2.05, 4.69) is 26.2 Å². The van der Waals surface area contributed by atoms with E-state index in [1.165, 1.54) is 6.20 Å². The van der Waals surface area contributed by atoms with Crippen molar-refractivity contribution in [1.29, 1.82) is 5.26 Å². The molecule has 19 heteroatoms. The van der Waals surface area contributed by atoms with Gasteiger partial charge in [-0.15, -0.1) is 0 Å². The summed E-state index contributed by atoms with van der Waals surface area (Å²) in [6.07, 6.45) is -6.27. The minimum absolute atomic E-state index is 0.256. The van der Waals surface area contributed by atoms with E-state index >= 15 is 4.39 Å². The lowest BCUT2D eigenvalue weighted by atomic mass is 9.74. The molecule has 276 valence electrons. The summed E-state index contributed by atoms with van der Waals surface area (Å²) in [4.78, 5) is 47.1. The van der Waals surface area contributed by atoms with Crippen LogP contribution in [0.4, 0.5) is 22.4 Å². The lowest BCUT2D eigenvalue weighted by Gasteiger charge is -2.49. The van der Waals surface area contributed by atoms with Gasteiger partial charge in [-0.2, -0.15) is 18.4 Å². The average Bonchev–Trinajstić information content (AvgIpc) is 3.60. The molecule has 2 saturated heterocycles. The van der Waals surface area contributed by atoms with Gasteiger partial charge >= 0.3 is 12.3 Å². The maximum absolute atomic E-state index is 15.6. The molecule has 1 aromatic heterocycles.